The highest BCUT2D eigenvalue weighted by molar-refractivity contribution is 7.80. The minimum absolute atomic E-state index is 0.0814. The van der Waals surface area contributed by atoms with Gasteiger partial charge in [-0.3, -0.25) is 14.4 Å². The summed E-state index contributed by atoms with van der Waals surface area (Å²) in [6.07, 6.45) is -0.222. The van der Waals surface area contributed by atoms with Crippen LogP contribution in [0.1, 0.15) is 18.4 Å². The number of aromatic hydroxyl groups is 1. The van der Waals surface area contributed by atoms with Crippen molar-refractivity contribution in [2.45, 2.75) is 37.4 Å². The first-order valence-electron chi connectivity index (χ1n) is 8.40. The molecule has 0 fully saturated rings. The van der Waals surface area contributed by atoms with Crippen molar-refractivity contribution in [2.75, 3.05) is 5.75 Å². The molecule has 1 aromatic rings. The number of carbonyl (C=O) groups excluding carboxylic acids is 3. The Bertz CT molecular complexity index is 712. The second-order valence-corrected chi connectivity index (χ2v) is 6.49. The van der Waals surface area contributed by atoms with E-state index in [1.165, 1.54) is 12.1 Å². The molecule has 0 heterocycles. The molecule has 154 valence electrons. The molecule has 3 amide bonds. The van der Waals surface area contributed by atoms with Crippen LogP contribution in [0.4, 0.5) is 0 Å². The van der Waals surface area contributed by atoms with Gasteiger partial charge in [0.05, 0.1) is 6.04 Å². The summed E-state index contributed by atoms with van der Waals surface area (Å²) in [4.78, 5) is 46.5. The first-order valence-corrected chi connectivity index (χ1v) is 9.03. The first kappa shape index (κ1) is 23.2. The second kappa shape index (κ2) is 11.1. The van der Waals surface area contributed by atoms with E-state index in [0.29, 0.717) is 5.56 Å². The molecule has 0 radical (unpaired) electrons. The van der Waals surface area contributed by atoms with Crippen LogP contribution in [-0.4, -0.2) is 57.8 Å². The Morgan fingerprint density at radius 3 is 2.11 bits per heavy atom. The lowest BCUT2D eigenvalue weighted by Crippen LogP contribution is -2.55. The van der Waals surface area contributed by atoms with E-state index in [9.17, 15) is 24.3 Å². The highest BCUT2D eigenvalue weighted by atomic mass is 32.1. The van der Waals surface area contributed by atoms with Gasteiger partial charge in [-0.05, 0) is 30.5 Å². The van der Waals surface area contributed by atoms with Crippen molar-refractivity contribution in [3.63, 3.8) is 0 Å². The average molecular weight is 412 g/mol. The van der Waals surface area contributed by atoms with Crippen LogP contribution in [-0.2, 0) is 25.6 Å². The second-order valence-electron chi connectivity index (χ2n) is 6.13. The van der Waals surface area contributed by atoms with E-state index in [1.54, 1.807) is 12.1 Å². The number of primary amides is 1. The van der Waals surface area contributed by atoms with Gasteiger partial charge in [0.2, 0.25) is 17.7 Å². The van der Waals surface area contributed by atoms with Crippen molar-refractivity contribution >= 4 is 36.3 Å². The van der Waals surface area contributed by atoms with E-state index in [1.807, 2.05) is 0 Å². The summed E-state index contributed by atoms with van der Waals surface area (Å²) < 4.78 is 0. The average Bonchev–Trinajstić information content (AvgIpc) is 2.63. The van der Waals surface area contributed by atoms with Gasteiger partial charge in [0.25, 0.3) is 0 Å². The minimum atomic E-state index is -1.33. The summed E-state index contributed by atoms with van der Waals surface area (Å²) >= 11 is 4.00. The summed E-state index contributed by atoms with van der Waals surface area (Å²) in [5.74, 6) is -3.42. The van der Waals surface area contributed by atoms with Crippen LogP contribution in [0.5, 0.6) is 5.75 Å². The van der Waals surface area contributed by atoms with E-state index < -0.39 is 41.8 Å². The van der Waals surface area contributed by atoms with Crippen molar-refractivity contribution < 1.29 is 29.4 Å². The van der Waals surface area contributed by atoms with Crippen LogP contribution in [0, 0.1) is 0 Å². The lowest BCUT2D eigenvalue weighted by atomic mass is 10.1. The van der Waals surface area contributed by atoms with E-state index in [2.05, 4.69) is 23.3 Å². The Labute approximate surface area is 167 Å². The Balaban J connectivity index is 2.65. The molecule has 8 N–H and O–H groups in total. The number of phenols is 1. The highest BCUT2D eigenvalue weighted by Gasteiger charge is 2.27. The molecule has 0 aliphatic carbocycles. The molecule has 11 heteroatoms. The molecule has 1 rings (SSSR count). The fourth-order valence-electron chi connectivity index (χ4n) is 2.27. The maximum Gasteiger partial charge on any atom is 0.326 e. The van der Waals surface area contributed by atoms with Crippen molar-refractivity contribution in [3.05, 3.63) is 29.8 Å². The monoisotopic (exact) mass is 412 g/mol. The van der Waals surface area contributed by atoms with E-state index in [0.717, 1.165) is 0 Å². The molecular formula is C17H24N4O6S. The molecule has 0 bridgehead atoms. The lowest BCUT2D eigenvalue weighted by molar-refractivity contribution is -0.142. The molecule has 28 heavy (non-hydrogen) atoms. The number of benzene rings is 1. The van der Waals surface area contributed by atoms with E-state index in [-0.39, 0.29) is 30.8 Å². The number of hydrogen-bond acceptors (Lipinski definition) is 7. The van der Waals surface area contributed by atoms with Gasteiger partial charge in [0, 0.05) is 12.2 Å². The zero-order valence-corrected chi connectivity index (χ0v) is 15.9. The number of nitrogens with one attached hydrogen (secondary N) is 2. The maximum absolute atomic E-state index is 12.3. The van der Waals surface area contributed by atoms with E-state index in [4.69, 9.17) is 16.6 Å². The van der Waals surface area contributed by atoms with Gasteiger partial charge in [-0.1, -0.05) is 12.1 Å². The topological polar surface area (TPSA) is 185 Å². The smallest absolute Gasteiger partial charge is 0.326 e. The predicted octanol–water partition coefficient (Wildman–Crippen LogP) is -1.49. The van der Waals surface area contributed by atoms with Crippen molar-refractivity contribution in [1.29, 1.82) is 0 Å². The number of carbonyl (C=O) groups is 4. The number of rotatable bonds is 11. The lowest BCUT2D eigenvalue weighted by Gasteiger charge is -2.21. The predicted molar refractivity (Wildman–Crippen MR) is 104 cm³/mol. The third-order valence-electron chi connectivity index (χ3n) is 3.84. The van der Waals surface area contributed by atoms with Gasteiger partial charge in [-0.25, -0.2) is 4.79 Å². The van der Waals surface area contributed by atoms with Crippen molar-refractivity contribution in [2.24, 2.45) is 11.5 Å². The quantitative estimate of drug-likeness (QED) is 0.216. The highest BCUT2D eigenvalue weighted by Crippen LogP contribution is 2.11. The van der Waals surface area contributed by atoms with Gasteiger partial charge in [0.1, 0.15) is 17.8 Å². The van der Waals surface area contributed by atoms with Crippen molar-refractivity contribution in [1.82, 2.24) is 10.6 Å². The standard InChI is InChI=1S/C17H24N4O6S/c18-11(7-9-1-3-10(22)4-2-9)15(24)21-13(8-28)16(25)20-12(17(26)27)5-6-14(19)23/h1-4,11-13,22,28H,5-8,18H2,(H2,19,23)(H,20,25)(H,21,24)(H,26,27)/t11-,12-,13-/m0/s1. The van der Waals surface area contributed by atoms with Crippen LogP contribution in [0.3, 0.4) is 0 Å². The summed E-state index contributed by atoms with van der Waals surface area (Å²) in [5.41, 5.74) is 11.5. The molecule has 0 aliphatic heterocycles. The number of nitrogens with two attached hydrogens (primary N) is 2. The zero-order chi connectivity index (χ0) is 21.3. The van der Waals surface area contributed by atoms with Crippen LogP contribution in [0.2, 0.25) is 0 Å². The fourth-order valence-corrected chi connectivity index (χ4v) is 2.52. The molecule has 1 aromatic carbocycles. The third-order valence-corrected chi connectivity index (χ3v) is 4.20. The number of aliphatic carboxylic acids is 1. The number of amides is 3. The van der Waals surface area contributed by atoms with Crippen LogP contribution < -0.4 is 22.1 Å². The number of hydrogen-bond donors (Lipinski definition) is 7. The molecular weight excluding hydrogens is 388 g/mol. The Morgan fingerprint density at radius 2 is 1.61 bits per heavy atom. The molecule has 0 aliphatic rings. The molecule has 3 atom stereocenters. The largest absolute Gasteiger partial charge is 0.508 e. The Kier molecular flexibility index (Phi) is 9.25. The molecule has 0 saturated carbocycles. The maximum atomic E-state index is 12.3. The molecule has 10 nitrogen and oxygen atoms in total. The number of phenolic OH excluding ortho intramolecular Hbond substituents is 1. The van der Waals surface area contributed by atoms with Gasteiger partial charge in [-0.15, -0.1) is 0 Å². The van der Waals surface area contributed by atoms with Gasteiger partial charge in [0.15, 0.2) is 0 Å². The summed E-state index contributed by atoms with van der Waals surface area (Å²) in [5, 5.41) is 23.1. The number of carboxylic acids is 1. The molecule has 0 spiro atoms. The van der Waals surface area contributed by atoms with Crippen LogP contribution >= 0.6 is 12.6 Å². The van der Waals surface area contributed by atoms with E-state index >= 15 is 0 Å². The molecule has 0 aromatic heterocycles. The molecule has 0 unspecified atom stereocenters. The minimum Gasteiger partial charge on any atom is -0.508 e. The van der Waals surface area contributed by atoms with Gasteiger partial charge >= 0.3 is 5.97 Å². The summed E-state index contributed by atoms with van der Waals surface area (Å²) in [7, 11) is 0. The van der Waals surface area contributed by atoms with Crippen LogP contribution in [0.15, 0.2) is 24.3 Å². The normalized spacial score (nSPS) is 13.8. The van der Waals surface area contributed by atoms with Gasteiger partial charge < -0.3 is 32.3 Å². The Morgan fingerprint density at radius 1 is 1.04 bits per heavy atom. The van der Waals surface area contributed by atoms with Crippen molar-refractivity contribution in [3.8, 4) is 5.75 Å². The van der Waals surface area contributed by atoms with Crippen LogP contribution in [0.25, 0.3) is 0 Å². The zero-order valence-electron chi connectivity index (χ0n) is 15.0. The number of carboxylic acid groups (broad SMARTS) is 1. The number of thiol groups is 1. The SMILES string of the molecule is NC(=O)CC[C@H](NC(=O)[C@H](CS)NC(=O)[C@@H](N)Cc1ccc(O)cc1)C(=O)O. The third kappa shape index (κ3) is 7.84. The fraction of sp³-hybridized carbons (Fsp3) is 0.412. The Hall–Kier alpha value is -2.79. The summed E-state index contributed by atoms with van der Waals surface area (Å²) in [6, 6.07) is 2.74. The van der Waals surface area contributed by atoms with Gasteiger partial charge in [-0.2, -0.15) is 12.6 Å². The first-order chi connectivity index (χ1) is 13.1. The summed E-state index contributed by atoms with van der Waals surface area (Å²) in [6.45, 7) is 0. The molecule has 0 saturated heterocycles.